The van der Waals surface area contributed by atoms with E-state index in [9.17, 15) is 0 Å². The summed E-state index contributed by atoms with van der Waals surface area (Å²) in [6.07, 6.45) is 2.45. The Hall–Kier alpha value is -1.13. The van der Waals surface area contributed by atoms with Crippen molar-refractivity contribution in [1.82, 2.24) is 15.2 Å². The third kappa shape index (κ3) is 3.21. The lowest BCUT2D eigenvalue weighted by molar-refractivity contribution is 0.249. The first-order chi connectivity index (χ1) is 8.70. The van der Waals surface area contributed by atoms with E-state index in [1.807, 2.05) is 7.05 Å². The molecule has 0 radical (unpaired) electrons. The van der Waals surface area contributed by atoms with E-state index in [1.54, 1.807) is 0 Å². The zero-order valence-electron chi connectivity index (χ0n) is 11.7. The Morgan fingerprint density at radius 1 is 1.33 bits per heavy atom. The van der Waals surface area contributed by atoms with Crippen LogP contribution in [0.25, 0.3) is 0 Å². The van der Waals surface area contributed by atoms with Crippen LogP contribution in [0, 0.1) is 0 Å². The average molecular weight is 248 g/mol. The first-order valence-electron chi connectivity index (χ1n) is 6.72. The van der Waals surface area contributed by atoms with Gasteiger partial charge < -0.3 is 15.1 Å². The van der Waals surface area contributed by atoms with E-state index in [0.717, 1.165) is 37.2 Å². The van der Waals surface area contributed by atoms with Gasteiger partial charge in [0.2, 0.25) is 0 Å². The number of rotatable bonds is 4. The summed E-state index contributed by atoms with van der Waals surface area (Å²) in [7, 11) is 6.30. The third-order valence-electron chi connectivity index (χ3n) is 3.67. The maximum atomic E-state index is 4.71. The summed E-state index contributed by atoms with van der Waals surface area (Å²) in [6, 6.07) is 7.02. The maximum Gasteiger partial charge on any atom is 0.128 e. The molecule has 1 aromatic heterocycles. The van der Waals surface area contributed by atoms with Crippen molar-refractivity contribution in [1.29, 1.82) is 0 Å². The summed E-state index contributed by atoms with van der Waals surface area (Å²) < 4.78 is 0. The fourth-order valence-electron chi connectivity index (χ4n) is 2.53. The number of aromatic nitrogens is 1. The monoisotopic (exact) mass is 248 g/mol. The molecule has 2 rings (SSSR count). The van der Waals surface area contributed by atoms with Crippen molar-refractivity contribution < 1.29 is 0 Å². The molecule has 1 N–H and O–H groups in total. The molecular formula is C14H24N4. The molecule has 1 aliphatic heterocycles. The van der Waals surface area contributed by atoms with Crippen LogP contribution >= 0.6 is 0 Å². The molecule has 0 amide bonds. The van der Waals surface area contributed by atoms with Crippen molar-refractivity contribution in [3.05, 3.63) is 23.9 Å². The van der Waals surface area contributed by atoms with Gasteiger partial charge in [0, 0.05) is 25.7 Å². The summed E-state index contributed by atoms with van der Waals surface area (Å²) in [5.74, 6) is 1.12. The Morgan fingerprint density at radius 3 is 2.67 bits per heavy atom. The summed E-state index contributed by atoms with van der Waals surface area (Å²) >= 11 is 0. The van der Waals surface area contributed by atoms with Gasteiger partial charge in [-0.1, -0.05) is 6.07 Å². The largest absolute Gasteiger partial charge is 0.356 e. The minimum absolute atomic E-state index is 0.724. The first-order valence-corrected chi connectivity index (χ1v) is 6.72. The van der Waals surface area contributed by atoms with Gasteiger partial charge in [0.05, 0.1) is 5.69 Å². The lowest BCUT2D eigenvalue weighted by Gasteiger charge is -2.35. The van der Waals surface area contributed by atoms with Gasteiger partial charge in [0.15, 0.2) is 0 Å². The van der Waals surface area contributed by atoms with Gasteiger partial charge in [-0.2, -0.15) is 0 Å². The second-order valence-electron chi connectivity index (χ2n) is 5.20. The number of nitrogens with zero attached hydrogens (tertiary/aromatic N) is 3. The molecular weight excluding hydrogens is 224 g/mol. The molecule has 18 heavy (non-hydrogen) atoms. The molecule has 0 aromatic carbocycles. The van der Waals surface area contributed by atoms with Gasteiger partial charge >= 0.3 is 0 Å². The van der Waals surface area contributed by atoms with Crippen LogP contribution in [0.3, 0.4) is 0 Å². The molecule has 4 nitrogen and oxygen atoms in total. The minimum Gasteiger partial charge on any atom is -0.356 e. The number of anilines is 1. The quantitative estimate of drug-likeness (QED) is 0.871. The molecule has 4 heteroatoms. The topological polar surface area (TPSA) is 31.4 Å². The molecule has 0 aliphatic carbocycles. The van der Waals surface area contributed by atoms with Crippen LogP contribution in [0.2, 0.25) is 0 Å². The maximum absolute atomic E-state index is 4.71. The second-order valence-corrected chi connectivity index (χ2v) is 5.20. The fraction of sp³-hybridized carbons (Fsp3) is 0.643. The summed E-state index contributed by atoms with van der Waals surface area (Å²) in [6.45, 7) is 3.06. The predicted octanol–water partition coefficient (Wildman–Crippen LogP) is 1.33. The van der Waals surface area contributed by atoms with E-state index in [2.05, 4.69) is 47.4 Å². The summed E-state index contributed by atoms with van der Waals surface area (Å²) in [4.78, 5) is 9.44. The molecule has 0 unspecified atom stereocenters. The lowest BCUT2D eigenvalue weighted by atomic mass is 10.0. The van der Waals surface area contributed by atoms with Crippen LogP contribution < -0.4 is 10.2 Å². The number of piperidine rings is 1. The van der Waals surface area contributed by atoms with E-state index in [1.165, 1.54) is 12.8 Å². The molecule has 1 saturated heterocycles. The smallest absolute Gasteiger partial charge is 0.128 e. The Balaban J connectivity index is 1.98. The minimum atomic E-state index is 0.724. The number of hydrogen-bond acceptors (Lipinski definition) is 4. The van der Waals surface area contributed by atoms with E-state index in [0.29, 0.717) is 0 Å². The van der Waals surface area contributed by atoms with E-state index < -0.39 is 0 Å². The van der Waals surface area contributed by atoms with Crippen molar-refractivity contribution in [2.45, 2.75) is 25.4 Å². The molecule has 1 fully saturated rings. The van der Waals surface area contributed by atoms with Crippen LogP contribution in [0.15, 0.2) is 18.2 Å². The van der Waals surface area contributed by atoms with Crippen molar-refractivity contribution in [3.63, 3.8) is 0 Å². The van der Waals surface area contributed by atoms with Crippen LogP contribution in [0.4, 0.5) is 5.82 Å². The molecule has 2 heterocycles. The highest BCUT2D eigenvalue weighted by atomic mass is 15.2. The van der Waals surface area contributed by atoms with Gasteiger partial charge in [0.1, 0.15) is 5.82 Å². The van der Waals surface area contributed by atoms with E-state index in [-0.39, 0.29) is 0 Å². The van der Waals surface area contributed by atoms with Gasteiger partial charge in [-0.15, -0.1) is 0 Å². The fourth-order valence-corrected chi connectivity index (χ4v) is 2.53. The summed E-state index contributed by atoms with van der Waals surface area (Å²) in [5.41, 5.74) is 1.12. The highest BCUT2D eigenvalue weighted by Crippen LogP contribution is 2.20. The zero-order valence-corrected chi connectivity index (χ0v) is 11.7. The molecule has 0 atom stereocenters. The van der Waals surface area contributed by atoms with E-state index in [4.69, 9.17) is 4.98 Å². The van der Waals surface area contributed by atoms with Gasteiger partial charge in [-0.3, -0.25) is 0 Å². The van der Waals surface area contributed by atoms with E-state index >= 15 is 0 Å². The predicted molar refractivity (Wildman–Crippen MR) is 75.9 cm³/mol. The van der Waals surface area contributed by atoms with Crippen molar-refractivity contribution in [3.8, 4) is 0 Å². The lowest BCUT2D eigenvalue weighted by Crippen LogP contribution is -2.42. The molecule has 1 aromatic rings. The van der Waals surface area contributed by atoms with Gasteiger partial charge in [-0.05, 0) is 46.1 Å². The molecule has 0 bridgehead atoms. The molecule has 1 aliphatic rings. The van der Waals surface area contributed by atoms with Gasteiger partial charge in [0.25, 0.3) is 0 Å². The number of hydrogen-bond donors (Lipinski definition) is 1. The van der Waals surface area contributed by atoms with Crippen LogP contribution in [-0.2, 0) is 6.54 Å². The Bertz CT molecular complexity index is 370. The molecule has 100 valence electrons. The number of pyridine rings is 1. The standard InChI is InChI=1S/C14H24N4/c1-15-11-12-5-4-6-14(16-12)18-9-7-13(8-10-18)17(2)3/h4-6,13,15H,7-11H2,1-3H3. The SMILES string of the molecule is CNCc1cccc(N2CCC(N(C)C)CC2)n1. The Labute approximate surface area is 110 Å². The number of nitrogens with one attached hydrogen (secondary N) is 1. The van der Waals surface area contributed by atoms with Crippen molar-refractivity contribution >= 4 is 5.82 Å². The Morgan fingerprint density at radius 2 is 2.06 bits per heavy atom. The second kappa shape index (κ2) is 6.16. The Kier molecular flexibility index (Phi) is 4.55. The third-order valence-corrected chi connectivity index (χ3v) is 3.67. The summed E-state index contributed by atoms with van der Waals surface area (Å²) in [5, 5.41) is 3.15. The first kappa shape index (κ1) is 13.3. The molecule has 0 spiro atoms. The highest BCUT2D eigenvalue weighted by Gasteiger charge is 2.21. The normalized spacial score (nSPS) is 17.4. The van der Waals surface area contributed by atoms with Crippen molar-refractivity contribution in [2.24, 2.45) is 0 Å². The molecule has 0 saturated carbocycles. The van der Waals surface area contributed by atoms with Gasteiger partial charge in [-0.25, -0.2) is 4.98 Å². The van der Waals surface area contributed by atoms with Crippen LogP contribution in [-0.4, -0.2) is 50.2 Å². The van der Waals surface area contributed by atoms with Crippen molar-refractivity contribution in [2.75, 3.05) is 39.1 Å². The average Bonchev–Trinajstić information content (AvgIpc) is 2.39. The highest BCUT2D eigenvalue weighted by molar-refractivity contribution is 5.39. The van der Waals surface area contributed by atoms with Crippen LogP contribution in [0.5, 0.6) is 0 Å². The van der Waals surface area contributed by atoms with Crippen LogP contribution in [0.1, 0.15) is 18.5 Å². The zero-order chi connectivity index (χ0) is 13.0.